The molecule has 0 amide bonds. The van der Waals surface area contributed by atoms with Crippen molar-refractivity contribution in [2.45, 2.75) is 33.1 Å². The molecule has 0 spiro atoms. The summed E-state index contributed by atoms with van der Waals surface area (Å²) in [6, 6.07) is 4.01. The van der Waals surface area contributed by atoms with Crippen molar-refractivity contribution < 1.29 is 4.79 Å². The number of nitrogens with zero attached hydrogens (tertiary/aromatic N) is 1. The van der Waals surface area contributed by atoms with Crippen LogP contribution in [0.25, 0.3) is 0 Å². The van der Waals surface area contributed by atoms with Crippen molar-refractivity contribution >= 4 is 5.78 Å². The summed E-state index contributed by atoms with van der Waals surface area (Å²) in [6.45, 7) is 4.31. The Morgan fingerprint density at radius 2 is 1.94 bits per heavy atom. The van der Waals surface area contributed by atoms with Crippen LogP contribution in [0.3, 0.4) is 0 Å². The van der Waals surface area contributed by atoms with Crippen molar-refractivity contribution in [3.05, 3.63) is 41.7 Å². The lowest BCUT2D eigenvalue weighted by molar-refractivity contribution is -0.117. The molecule has 0 radical (unpaired) electrons. The quantitative estimate of drug-likeness (QED) is 0.759. The van der Waals surface area contributed by atoms with E-state index >= 15 is 0 Å². The van der Waals surface area contributed by atoms with Crippen molar-refractivity contribution in [2.75, 3.05) is 0 Å². The van der Waals surface area contributed by atoms with E-state index < -0.39 is 0 Å². The Labute approximate surface area is 96.4 Å². The molecule has 0 aromatic carbocycles. The standard InChI is InChI=1S/C14H17NO/c1-14(2)9-12(8-13(16)10-14)7-11-3-5-15-6-4-11/h3-6,8H,7,9-10H2,1-2H3. The van der Waals surface area contributed by atoms with E-state index in [4.69, 9.17) is 0 Å². The molecule has 0 fully saturated rings. The number of carbonyl (C=O) groups is 1. The predicted octanol–water partition coefficient (Wildman–Crippen LogP) is 2.94. The van der Waals surface area contributed by atoms with Gasteiger partial charge in [0.25, 0.3) is 0 Å². The molecule has 1 aromatic heterocycles. The topological polar surface area (TPSA) is 30.0 Å². The fraction of sp³-hybridized carbons (Fsp3) is 0.429. The Balaban J connectivity index is 2.14. The van der Waals surface area contributed by atoms with E-state index in [-0.39, 0.29) is 11.2 Å². The molecule has 1 aliphatic carbocycles. The molecule has 0 saturated carbocycles. The van der Waals surface area contributed by atoms with Crippen LogP contribution in [0.2, 0.25) is 0 Å². The van der Waals surface area contributed by atoms with E-state index in [2.05, 4.69) is 18.8 Å². The highest BCUT2D eigenvalue weighted by molar-refractivity contribution is 5.91. The Morgan fingerprint density at radius 3 is 2.56 bits per heavy atom. The first kappa shape index (κ1) is 11.1. The average Bonchev–Trinajstić information content (AvgIpc) is 2.15. The van der Waals surface area contributed by atoms with Gasteiger partial charge in [0.2, 0.25) is 0 Å². The average molecular weight is 215 g/mol. The third-order valence-electron chi connectivity index (χ3n) is 2.90. The third kappa shape index (κ3) is 2.78. The van der Waals surface area contributed by atoms with Gasteiger partial charge in [0.05, 0.1) is 0 Å². The molecule has 0 N–H and O–H groups in total. The largest absolute Gasteiger partial charge is 0.295 e. The Kier molecular flexibility index (Phi) is 2.90. The van der Waals surface area contributed by atoms with Crippen LogP contribution in [0, 0.1) is 5.41 Å². The number of allylic oxidation sites excluding steroid dienone is 2. The summed E-state index contributed by atoms with van der Waals surface area (Å²) in [5, 5.41) is 0. The van der Waals surface area contributed by atoms with Crippen LogP contribution in [0.4, 0.5) is 0 Å². The van der Waals surface area contributed by atoms with E-state index in [0.29, 0.717) is 6.42 Å². The second-order valence-electron chi connectivity index (χ2n) is 5.32. The summed E-state index contributed by atoms with van der Waals surface area (Å²) in [6.07, 6.45) is 7.98. The molecule has 0 unspecified atom stereocenters. The zero-order valence-corrected chi connectivity index (χ0v) is 9.86. The van der Waals surface area contributed by atoms with Gasteiger partial charge < -0.3 is 0 Å². The minimum atomic E-state index is 0.119. The highest BCUT2D eigenvalue weighted by Gasteiger charge is 2.27. The van der Waals surface area contributed by atoms with Crippen LogP contribution in [0.5, 0.6) is 0 Å². The second kappa shape index (κ2) is 4.20. The molecule has 1 aromatic rings. The van der Waals surface area contributed by atoms with Gasteiger partial charge in [-0.15, -0.1) is 0 Å². The molecule has 0 saturated heterocycles. The normalized spacial score (nSPS) is 19.4. The maximum absolute atomic E-state index is 11.6. The van der Waals surface area contributed by atoms with Crippen LogP contribution in [0.1, 0.15) is 32.3 Å². The highest BCUT2D eigenvalue weighted by atomic mass is 16.1. The van der Waals surface area contributed by atoms with Crippen molar-refractivity contribution in [1.29, 1.82) is 0 Å². The molecular formula is C14H17NO. The van der Waals surface area contributed by atoms with E-state index in [1.54, 1.807) is 12.4 Å². The van der Waals surface area contributed by atoms with Gasteiger partial charge in [0, 0.05) is 18.8 Å². The molecule has 2 rings (SSSR count). The molecule has 1 heterocycles. The SMILES string of the molecule is CC1(C)CC(=O)C=C(Cc2ccncc2)C1. The monoisotopic (exact) mass is 215 g/mol. The van der Waals surface area contributed by atoms with Crippen molar-refractivity contribution in [3.63, 3.8) is 0 Å². The Morgan fingerprint density at radius 1 is 1.25 bits per heavy atom. The number of hydrogen-bond acceptors (Lipinski definition) is 2. The van der Waals surface area contributed by atoms with Gasteiger partial charge in [-0.3, -0.25) is 9.78 Å². The van der Waals surface area contributed by atoms with Crippen LogP contribution >= 0.6 is 0 Å². The van der Waals surface area contributed by atoms with Crippen LogP contribution < -0.4 is 0 Å². The number of hydrogen-bond donors (Lipinski definition) is 0. The zero-order chi connectivity index (χ0) is 11.6. The molecule has 1 aliphatic rings. The third-order valence-corrected chi connectivity index (χ3v) is 2.90. The number of carbonyl (C=O) groups excluding carboxylic acids is 1. The van der Waals surface area contributed by atoms with Gasteiger partial charge in [-0.05, 0) is 42.0 Å². The minimum Gasteiger partial charge on any atom is -0.295 e. The molecular weight excluding hydrogens is 198 g/mol. The summed E-state index contributed by atoms with van der Waals surface area (Å²) < 4.78 is 0. The van der Waals surface area contributed by atoms with Gasteiger partial charge in [0.1, 0.15) is 0 Å². The van der Waals surface area contributed by atoms with Crippen LogP contribution in [-0.2, 0) is 11.2 Å². The lowest BCUT2D eigenvalue weighted by Gasteiger charge is -2.28. The van der Waals surface area contributed by atoms with Gasteiger partial charge in [0.15, 0.2) is 5.78 Å². The molecule has 84 valence electrons. The number of aromatic nitrogens is 1. The Bertz CT molecular complexity index is 418. The number of rotatable bonds is 2. The lowest BCUT2D eigenvalue weighted by Crippen LogP contribution is -2.22. The lowest BCUT2D eigenvalue weighted by atomic mass is 9.75. The smallest absolute Gasteiger partial charge is 0.156 e. The highest BCUT2D eigenvalue weighted by Crippen LogP contribution is 2.34. The Hall–Kier alpha value is -1.44. The van der Waals surface area contributed by atoms with E-state index in [0.717, 1.165) is 12.8 Å². The summed E-state index contributed by atoms with van der Waals surface area (Å²) in [5.41, 5.74) is 2.59. The molecule has 2 heteroatoms. The van der Waals surface area contributed by atoms with Crippen molar-refractivity contribution in [1.82, 2.24) is 4.98 Å². The second-order valence-corrected chi connectivity index (χ2v) is 5.32. The van der Waals surface area contributed by atoms with Gasteiger partial charge in [-0.25, -0.2) is 0 Å². The molecule has 16 heavy (non-hydrogen) atoms. The van der Waals surface area contributed by atoms with Gasteiger partial charge in [-0.1, -0.05) is 19.4 Å². The first-order valence-corrected chi connectivity index (χ1v) is 5.66. The first-order valence-electron chi connectivity index (χ1n) is 5.66. The van der Waals surface area contributed by atoms with Gasteiger partial charge >= 0.3 is 0 Å². The van der Waals surface area contributed by atoms with Crippen LogP contribution in [0.15, 0.2) is 36.2 Å². The van der Waals surface area contributed by atoms with Crippen molar-refractivity contribution in [2.24, 2.45) is 5.41 Å². The summed E-state index contributed by atoms with van der Waals surface area (Å²) in [4.78, 5) is 15.6. The first-order chi connectivity index (χ1) is 7.55. The number of ketones is 1. The fourth-order valence-corrected chi connectivity index (χ4v) is 2.35. The van der Waals surface area contributed by atoms with E-state index in [1.165, 1.54) is 11.1 Å². The van der Waals surface area contributed by atoms with Crippen LogP contribution in [-0.4, -0.2) is 10.8 Å². The summed E-state index contributed by atoms with van der Waals surface area (Å²) >= 11 is 0. The van der Waals surface area contributed by atoms with E-state index in [1.807, 2.05) is 18.2 Å². The van der Waals surface area contributed by atoms with E-state index in [9.17, 15) is 4.79 Å². The van der Waals surface area contributed by atoms with Crippen molar-refractivity contribution in [3.8, 4) is 0 Å². The minimum absolute atomic E-state index is 0.119. The zero-order valence-electron chi connectivity index (χ0n) is 9.86. The molecule has 0 aliphatic heterocycles. The number of pyridine rings is 1. The summed E-state index contributed by atoms with van der Waals surface area (Å²) in [7, 11) is 0. The molecule has 2 nitrogen and oxygen atoms in total. The molecule has 0 bridgehead atoms. The predicted molar refractivity (Wildman–Crippen MR) is 64.0 cm³/mol. The maximum Gasteiger partial charge on any atom is 0.156 e. The summed E-state index contributed by atoms with van der Waals surface area (Å²) in [5.74, 6) is 0.264. The van der Waals surface area contributed by atoms with Gasteiger partial charge in [-0.2, -0.15) is 0 Å². The fourth-order valence-electron chi connectivity index (χ4n) is 2.35. The maximum atomic E-state index is 11.6. The molecule has 0 atom stereocenters.